The number of nitrogens with zero attached hydrogens (tertiary/aromatic N) is 2. The third-order valence-corrected chi connectivity index (χ3v) is 8.18. The molecule has 7 heteroatoms. The van der Waals surface area contributed by atoms with E-state index in [1.807, 2.05) is 12.1 Å². The first kappa shape index (κ1) is 26.8. The molecular formula is C31H40ClN5O. The quantitative estimate of drug-likeness (QED) is 0.249. The number of aromatic nitrogens is 1. The van der Waals surface area contributed by atoms with Crippen LogP contribution in [0.25, 0.3) is 10.9 Å². The lowest BCUT2D eigenvalue weighted by atomic mass is 9.92. The Morgan fingerprint density at radius 3 is 2.82 bits per heavy atom. The van der Waals surface area contributed by atoms with Crippen LogP contribution in [0.5, 0.6) is 0 Å². The molecule has 0 spiro atoms. The van der Waals surface area contributed by atoms with Crippen molar-refractivity contribution >= 4 is 39.8 Å². The van der Waals surface area contributed by atoms with Crippen molar-refractivity contribution in [3.05, 3.63) is 64.3 Å². The lowest BCUT2D eigenvalue weighted by Gasteiger charge is -2.22. The Kier molecular flexibility index (Phi) is 9.02. The molecule has 0 fully saturated rings. The Labute approximate surface area is 231 Å². The van der Waals surface area contributed by atoms with Gasteiger partial charge in [0.05, 0.1) is 5.52 Å². The molecule has 0 saturated carbocycles. The summed E-state index contributed by atoms with van der Waals surface area (Å²) in [6.07, 6.45) is 8.10. The van der Waals surface area contributed by atoms with Crippen LogP contribution in [0.15, 0.2) is 42.5 Å². The molecular weight excluding hydrogens is 494 g/mol. The van der Waals surface area contributed by atoms with Gasteiger partial charge in [-0.1, -0.05) is 29.8 Å². The minimum atomic E-state index is 0.162. The second-order valence-electron chi connectivity index (χ2n) is 10.8. The zero-order valence-corrected chi connectivity index (χ0v) is 23.2. The van der Waals surface area contributed by atoms with Crippen molar-refractivity contribution in [3.8, 4) is 0 Å². The Balaban J connectivity index is 0.997. The predicted octanol–water partition coefficient (Wildman–Crippen LogP) is 6.00. The number of carbonyl (C=O) groups excluding carboxylic acids is 1. The summed E-state index contributed by atoms with van der Waals surface area (Å²) in [5, 5.41) is 12.2. The van der Waals surface area contributed by atoms with Gasteiger partial charge in [0.25, 0.3) is 0 Å². The first-order chi connectivity index (χ1) is 18.6. The van der Waals surface area contributed by atoms with E-state index < -0.39 is 0 Å². The van der Waals surface area contributed by atoms with Gasteiger partial charge in [-0.15, -0.1) is 0 Å². The fourth-order valence-corrected chi connectivity index (χ4v) is 6.03. The van der Waals surface area contributed by atoms with E-state index >= 15 is 0 Å². The molecule has 3 N–H and O–H groups in total. The largest absolute Gasteiger partial charge is 0.384 e. The molecule has 1 atom stereocenters. The first-order valence-electron chi connectivity index (χ1n) is 14.2. The third-order valence-electron chi connectivity index (χ3n) is 7.94. The molecule has 5 rings (SSSR count). The molecule has 202 valence electrons. The number of rotatable bonds is 12. The number of hydrogen-bond acceptors (Lipinski definition) is 5. The van der Waals surface area contributed by atoms with E-state index in [2.05, 4.69) is 58.2 Å². The molecule has 3 aromatic rings. The zero-order chi connectivity index (χ0) is 26.3. The molecule has 1 amide bonds. The fraction of sp³-hybridized carbons (Fsp3) is 0.484. The lowest BCUT2D eigenvalue weighted by molar-refractivity contribution is -0.121. The average molecular weight is 534 g/mol. The standard InChI is InChI=1S/C31H40ClN5O/c1-37(18-6-16-33-30(38)15-12-22-21-35-27-10-4-2-8-24(22)27)19-7-17-34-31-25-9-3-5-11-28(25)36-29-20-23(32)13-14-26(29)31/h2,4,8,10,13-14,20,22,35H,3,5-7,9,11-12,15-19,21H2,1H3,(H,33,38)(H,34,36). The van der Waals surface area contributed by atoms with Gasteiger partial charge in [-0.25, -0.2) is 0 Å². The Morgan fingerprint density at radius 2 is 1.92 bits per heavy atom. The van der Waals surface area contributed by atoms with Crippen molar-refractivity contribution in [2.75, 3.05) is 50.4 Å². The van der Waals surface area contributed by atoms with Crippen LogP contribution in [-0.4, -0.2) is 55.6 Å². The van der Waals surface area contributed by atoms with Crippen LogP contribution in [0.4, 0.5) is 11.4 Å². The minimum absolute atomic E-state index is 0.162. The van der Waals surface area contributed by atoms with Crippen LogP contribution in [-0.2, 0) is 17.6 Å². The van der Waals surface area contributed by atoms with Crippen LogP contribution in [0.1, 0.15) is 61.3 Å². The number of hydrogen-bond donors (Lipinski definition) is 3. The molecule has 2 heterocycles. The molecule has 0 saturated heterocycles. The van der Waals surface area contributed by atoms with E-state index in [4.69, 9.17) is 16.6 Å². The van der Waals surface area contributed by atoms with E-state index in [-0.39, 0.29) is 5.91 Å². The maximum absolute atomic E-state index is 12.4. The number of pyridine rings is 1. The highest BCUT2D eigenvalue weighted by Crippen LogP contribution is 2.35. The lowest BCUT2D eigenvalue weighted by Crippen LogP contribution is -2.29. The second-order valence-corrected chi connectivity index (χ2v) is 11.2. The number of carbonyl (C=O) groups is 1. The van der Waals surface area contributed by atoms with Crippen molar-refractivity contribution in [2.24, 2.45) is 0 Å². The van der Waals surface area contributed by atoms with Gasteiger partial charge in [0, 0.05) is 59.5 Å². The molecule has 0 bridgehead atoms. The highest BCUT2D eigenvalue weighted by Gasteiger charge is 2.22. The Morgan fingerprint density at radius 1 is 1.11 bits per heavy atom. The van der Waals surface area contributed by atoms with Gasteiger partial charge in [-0.2, -0.15) is 0 Å². The molecule has 1 aliphatic carbocycles. The first-order valence-corrected chi connectivity index (χ1v) is 14.6. The summed E-state index contributed by atoms with van der Waals surface area (Å²) in [6, 6.07) is 14.5. The van der Waals surface area contributed by atoms with E-state index in [9.17, 15) is 4.79 Å². The van der Waals surface area contributed by atoms with E-state index in [0.29, 0.717) is 12.3 Å². The second kappa shape index (κ2) is 12.8. The number of para-hydroxylation sites is 1. The molecule has 2 aromatic carbocycles. The molecule has 1 unspecified atom stereocenters. The summed E-state index contributed by atoms with van der Waals surface area (Å²) >= 11 is 6.25. The van der Waals surface area contributed by atoms with E-state index in [0.717, 1.165) is 75.4 Å². The maximum Gasteiger partial charge on any atom is 0.220 e. The molecule has 38 heavy (non-hydrogen) atoms. The third kappa shape index (κ3) is 6.59. The van der Waals surface area contributed by atoms with Crippen molar-refractivity contribution in [1.82, 2.24) is 15.2 Å². The number of amides is 1. The van der Waals surface area contributed by atoms with Gasteiger partial charge in [0.2, 0.25) is 5.91 Å². The summed E-state index contributed by atoms with van der Waals surface area (Å²) in [5.74, 6) is 0.598. The summed E-state index contributed by atoms with van der Waals surface area (Å²) in [7, 11) is 2.16. The molecule has 0 radical (unpaired) electrons. The number of benzene rings is 2. The fourth-order valence-electron chi connectivity index (χ4n) is 5.86. The zero-order valence-electron chi connectivity index (χ0n) is 22.5. The minimum Gasteiger partial charge on any atom is -0.384 e. The van der Waals surface area contributed by atoms with Crippen LogP contribution in [0.2, 0.25) is 5.02 Å². The molecule has 2 aliphatic rings. The Hall–Kier alpha value is -2.83. The predicted molar refractivity (Wildman–Crippen MR) is 159 cm³/mol. The number of aryl methyl sites for hydroxylation is 1. The smallest absolute Gasteiger partial charge is 0.220 e. The van der Waals surface area contributed by atoms with Crippen molar-refractivity contribution < 1.29 is 4.79 Å². The normalized spacial score (nSPS) is 16.2. The van der Waals surface area contributed by atoms with Gasteiger partial charge in [-0.05, 0) is 100 Å². The highest BCUT2D eigenvalue weighted by molar-refractivity contribution is 6.31. The van der Waals surface area contributed by atoms with Gasteiger partial charge in [0.1, 0.15) is 0 Å². The van der Waals surface area contributed by atoms with Crippen molar-refractivity contribution in [2.45, 2.75) is 57.3 Å². The van der Waals surface area contributed by atoms with Crippen LogP contribution >= 0.6 is 11.6 Å². The van der Waals surface area contributed by atoms with Crippen molar-refractivity contribution in [3.63, 3.8) is 0 Å². The van der Waals surface area contributed by atoms with E-state index in [1.165, 1.54) is 46.4 Å². The van der Waals surface area contributed by atoms with E-state index in [1.54, 1.807) is 0 Å². The number of fused-ring (bicyclic) bond motifs is 3. The number of halogens is 1. The van der Waals surface area contributed by atoms with Gasteiger partial charge in [0.15, 0.2) is 0 Å². The highest BCUT2D eigenvalue weighted by atomic mass is 35.5. The maximum atomic E-state index is 12.4. The Bertz CT molecular complexity index is 1260. The van der Waals surface area contributed by atoms with Crippen LogP contribution in [0.3, 0.4) is 0 Å². The average Bonchev–Trinajstić information content (AvgIpc) is 3.34. The summed E-state index contributed by atoms with van der Waals surface area (Å²) in [4.78, 5) is 19.6. The van der Waals surface area contributed by atoms with Crippen LogP contribution < -0.4 is 16.0 Å². The summed E-state index contributed by atoms with van der Waals surface area (Å²) in [5.41, 5.74) is 7.43. The molecule has 1 aliphatic heterocycles. The summed E-state index contributed by atoms with van der Waals surface area (Å²) < 4.78 is 0. The van der Waals surface area contributed by atoms with Gasteiger partial charge in [-0.3, -0.25) is 9.78 Å². The summed E-state index contributed by atoms with van der Waals surface area (Å²) in [6.45, 7) is 4.59. The molecule has 1 aromatic heterocycles. The number of nitrogens with one attached hydrogen (secondary N) is 3. The van der Waals surface area contributed by atoms with Gasteiger partial charge >= 0.3 is 0 Å². The molecule has 6 nitrogen and oxygen atoms in total. The monoisotopic (exact) mass is 533 g/mol. The SMILES string of the molecule is CN(CCCNC(=O)CCC1CNc2ccccc21)CCCNc1c2c(nc3cc(Cl)ccc13)CCCC2. The van der Waals surface area contributed by atoms with Crippen molar-refractivity contribution in [1.29, 1.82) is 0 Å². The van der Waals surface area contributed by atoms with Crippen LogP contribution in [0, 0.1) is 0 Å². The van der Waals surface area contributed by atoms with Gasteiger partial charge < -0.3 is 20.9 Å². The topological polar surface area (TPSA) is 69.3 Å². The number of anilines is 2.